The van der Waals surface area contributed by atoms with Crippen LogP contribution in [0.2, 0.25) is 0 Å². The standard InChI is InChI=1S/C28H22N8O9/c1-2-30-24(37)13-9-20(22(33-29)11-31-18-5-14(25(38)39)3-15(6-18)26(40)41)32-21(10-13)23-12-36(35-34-23)19-7-16(27(42)43)4-17(8-19)28(44)45/h3-12,29,31H,2H2,1H3,(H,30,37)(H,38,39)(H,40,41)(H,42,43)(H,44,45)/b22-11-,33-29?. The first-order chi connectivity index (χ1) is 21.4. The van der Waals surface area contributed by atoms with Crippen molar-refractivity contribution in [3.63, 3.8) is 0 Å². The Morgan fingerprint density at radius 2 is 1.36 bits per heavy atom. The predicted molar refractivity (Wildman–Crippen MR) is 154 cm³/mol. The summed E-state index contributed by atoms with van der Waals surface area (Å²) in [6.45, 7) is 1.99. The number of carboxylic acid groups (broad SMARTS) is 4. The van der Waals surface area contributed by atoms with E-state index in [-0.39, 0.29) is 68.5 Å². The van der Waals surface area contributed by atoms with E-state index < -0.39 is 29.8 Å². The molecular weight excluding hydrogens is 592 g/mol. The van der Waals surface area contributed by atoms with Gasteiger partial charge >= 0.3 is 23.9 Å². The monoisotopic (exact) mass is 614 g/mol. The number of carbonyl (C=O) groups is 5. The van der Waals surface area contributed by atoms with E-state index in [9.17, 15) is 44.4 Å². The third-order valence-electron chi connectivity index (χ3n) is 6.04. The van der Waals surface area contributed by atoms with E-state index in [1.807, 2.05) is 0 Å². The van der Waals surface area contributed by atoms with Gasteiger partial charge in [0, 0.05) is 24.0 Å². The first kappa shape index (κ1) is 31.2. The smallest absolute Gasteiger partial charge is 0.335 e. The van der Waals surface area contributed by atoms with Gasteiger partial charge in [0.1, 0.15) is 11.4 Å². The maximum atomic E-state index is 12.8. The van der Waals surface area contributed by atoms with Gasteiger partial charge in [-0.2, -0.15) is 5.11 Å². The van der Waals surface area contributed by atoms with Gasteiger partial charge in [-0.3, -0.25) is 4.79 Å². The van der Waals surface area contributed by atoms with Gasteiger partial charge in [-0.1, -0.05) is 5.21 Å². The van der Waals surface area contributed by atoms with E-state index in [1.165, 1.54) is 42.6 Å². The summed E-state index contributed by atoms with van der Waals surface area (Å²) in [6, 6.07) is 9.40. The van der Waals surface area contributed by atoms with Crippen LogP contribution in [0.15, 0.2) is 66.0 Å². The van der Waals surface area contributed by atoms with Crippen LogP contribution in [0.25, 0.3) is 22.8 Å². The van der Waals surface area contributed by atoms with Gasteiger partial charge in [-0.15, -0.1) is 5.10 Å². The molecule has 2 aromatic carbocycles. The summed E-state index contributed by atoms with van der Waals surface area (Å²) in [4.78, 5) is 63.2. The summed E-state index contributed by atoms with van der Waals surface area (Å²) in [5.41, 5.74) is 6.70. The molecule has 2 aromatic heterocycles. The number of amides is 1. The molecule has 4 aromatic rings. The largest absolute Gasteiger partial charge is 0.478 e. The van der Waals surface area contributed by atoms with Crippen LogP contribution < -0.4 is 10.6 Å². The third kappa shape index (κ3) is 7.17. The van der Waals surface area contributed by atoms with Crippen molar-refractivity contribution < 1.29 is 44.4 Å². The van der Waals surface area contributed by atoms with Crippen LogP contribution in [0.5, 0.6) is 0 Å². The number of aromatic nitrogens is 4. The highest BCUT2D eigenvalue weighted by Gasteiger charge is 2.18. The maximum Gasteiger partial charge on any atom is 0.335 e. The maximum absolute atomic E-state index is 12.8. The Kier molecular flexibility index (Phi) is 9.02. The van der Waals surface area contributed by atoms with Gasteiger partial charge in [-0.25, -0.2) is 34.4 Å². The summed E-state index contributed by atoms with van der Waals surface area (Å²) in [6.07, 6.45) is 2.49. The fourth-order valence-corrected chi connectivity index (χ4v) is 3.96. The average molecular weight is 615 g/mol. The molecule has 228 valence electrons. The fraction of sp³-hybridized carbons (Fsp3) is 0.0714. The molecule has 0 saturated carbocycles. The van der Waals surface area contributed by atoms with Crippen molar-refractivity contribution in [2.45, 2.75) is 6.92 Å². The van der Waals surface area contributed by atoms with Crippen LogP contribution in [0, 0.1) is 5.53 Å². The lowest BCUT2D eigenvalue weighted by Gasteiger charge is -2.09. The number of aromatic carboxylic acids is 4. The number of pyridine rings is 1. The lowest BCUT2D eigenvalue weighted by atomic mass is 10.1. The topological polar surface area (TPSA) is 270 Å². The number of rotatable bonds is 12. The Bertz CT molecular complexity index is 1850. The first-order valence-corrected chi connectivity index (χ1v) is 12.7. The number of nitrogens with one attached hydrogen (secondary N) is 3. The van der Waals surface area contributed by atoms with E-state index in [0.29, 0.717) is 0 Å². The highest BCUT2D eigenvalue weighted by Crippen LogP contribution is 2.24. The number of carboxylic acids is 4. The molecule has 1 amide bonds. The summed E-state index contributed by atoms with van der Waals surface area (Å²) in [5.74, 6) is -5.95. The minimum atomic E-state index is -1.36. The number of hydrogen-bond donors (Lipinski definition) is 7. The zero-order valence-electron chi connectivity index (χ0n) is 23.0. The zero-order valence-corrected chi connectivity index (χ0v) is 23.0. The molecule has 45 heavy (non-hydrogen) atoms. The second-order valence-corrected chi connectivity index (χ2v) is 9.11. The molecule has 17 heteroatoms. The van der Waals surface area contributed by atoms with Crippen molar-refractivity contribution in [3.8, 4) is 17.1 Å². The van der Waals surface area contributed by atoms with Crippen LogP contribution in [-0.2, 0) is 0 Å². The Labute approximate surface area is 252 Å². The SMILES string of the molecule is CCNC(=O)c1cc(/C(=C/Nc2cc(C(=O)O)cc(C(=O)O)c2)N=N)nc(-c2cn(-c3cc(C(=O)O)cc(C(=O)O)c3)nn2)c1. The molecule has 0 spiro atoms. The van der Waals surface area contributed by atoms with Crippen LogP contribution >= 0.6 is 0 Å². The molecule has 2 heterocycles. The average Bonchev–Trinajstić information content (AvgIpc) is 3.51. The molecule has 0 saturated heterocycles. The van der Waals surface area contributed by atoms with Gasteiger partial charge in [-0.05, 0) is 55.5 Å². The van der Waals surface area contributed by atoms with Gasteiger partial charge in [0.2, 0.25) is 0 Å². The number of nitrogens with zero attached hydrogens (tertiary/aromatic N) is 5. The molecule has 0 aliphatic heterocycles. The third-order valence-corrected chi connectivity index (χ3v) is 6.04. The number of hydrogen-bond acceptors (Lipinski definition) is 11. The molecule has 0 aliphatic rings. The summed E-state index contributed by atoms with van der Waals surface area (Å²) >= 11 is 0. The molecule has 0 bridgehead atoms. The van der Waals surface area contributed by atoms with Crippen LogP contribution in [0.1, 0.15) is 64.4 Å². The van der Waals surface area contributed by atoms with Crippen molar-refractivity contribution in [1.82, 2.24) is 25.3 Å². The second kappa shape index (κ2) is 13.0. The van der Waals surface area contributed by atoms with E-state index in [1.54, 1.807) is 6.92 Å². The van der Waals surface area contributed by atoms with E-state index in [2.05, 4.69) is 31.0 Å². The Morgan fingerprint density at radius 3 is 1.87 bits per heavy atom. The molecule has 0 aliphatic carbocycles. The molecule has 0 radical (unpaired) electrons. The highest BCUT2D eigenvalue weighted by atomic mass is 16.4. The van der Waals surface area contributed by atoms with Crippen molar-refractivity contribution in [3.05, 3.63) is 94.4 Å². The van der Waals surface area contributed by atoms with Gasteiger partial charge in [0.05, 0.1) is 45.5 Å². The first-order valence-electron chi connectivity index (χ1n) is 12.7. The molecule has 0 unspecified atom stereocenters. The Balaban J connectivity index is 1.78. The van der Waals surface area contributed by atoms with Crippen molar-refractivity contribution >= 4 is 41.2 Å². The van der Waals surface area contributed by atoms with Crippen LogP contribution in [-0.4, -0.2) is 76.7 Å². The normalized spacial score (nSPS) is 11.0. The summed E-state index contributed by atoms with van der Waals surface area (Å²) < 4.78 is 1.12. The second-order valence-electron chi connectivity index (χ2n) is 9.11. The Hall–Kier alpha value is -6.78. The highest BCUT2D eigenvalue weighted by molar-refractivity contribution is 5.97. The van der Waals surface area contributed by atoms with Crippen molar-refractivity contribution in [2.24, 2.45) is 5.11 Å². The van der Waals surface area contributed by atoms with Crippen molar-refractivity contribution in [1.29, 1.82) is 5.53 Å². The van der Waals surface area contributed by atoms with Gasteiger partial charge < -0.3 is 31.1 Å². The van der Waals surface area contributed by atoms with Gasteiger partial charge in [0.25, 0.3) is 5.91 Å². The van der Waals surface area contributed by atoms with Crippen LogP contribution in [0.4, 0.5) is 5.69 Å². The number of anilines is 1. The van der Waals surface area contributed by atoms with Crippen LogP contribution in [0.3, 0.4) is 0 Å². The van der Waals surface area contributed by atoms with E-state index in [0.717, 1.165) is 23.0 Å². The molecular formula is C28H22N8O9. The minimum Gasteiger partial charge on any atom is -0.478 e. The number of benzene rings is 2. The summed E-state index contributed by atoms with van der Waals surface area (Å²) in [7, 11) is 0. The zero-order chi connectivity index (χ0) is 32.8. The molecule has 17 nitrogen and oxygen atoms in total. The molecule has 0 atom stereocenters. The van der Waals surface area contributed by atoms with Gasteiger partial charge in [0.15, 0.2) is 0 Å². The van der Waals surface area contributed by atoms with Crippen molar-refractivity contribution in [2.75, 3.05) is 11.9 Å². The molecule has 4 rings (SSSR count). The van der Waals surface area contributed by atoms with E-state index in [4.69, 9.17) is 5.53 Å². The van der Waals surface area contributed by atoms with E-state index >= 15 is 0 Å². The number of carbonyl (C=O) groups excluding carboxylic acids is 1. The molecule has 0 fully saturated rings. The lowest BCUT2D eigenvalue weighted by molar-refractivity contribution is 0.0676. The predicted octanol–water partition coefficient (Wildman–Crippen LogP) is 3.31. The quantitative estimate of drug-likeness (QED) is 0.113. The molecule has 7 N–H and O–H groups in total. The Morgan fingerprint density at radius 1 is 0.800 bits per heavy atom. The lowest BCUT2D eigenvalue weighted by Crippen LogP contribution is -2.23. The summed E-state index contributed by atoms with van der Waals surface area (Å²) in [5, 5.41) is 54.2. The fourth-order valence-electron chi connectivity index (χ4n) is 3.96. The minimum absolute atomic E-state index is 0.0142.